The second kappa shape index (κ2) is 8.03. The zero-order valence-corrected chi connectivity index (χ0v) is 13.1. The molecule has 1 amide bonds. The summed E-state index contributed by atoms with van der Waals surface area (Å²) in [6, 6.07) is 5.79. The molecule has 1 aliphatic carbocycles. The fraction of sp³-hybridized carbons (Fsp3) is 0.588. The number of rotatable bonds is 6. The van der Waals surface area contributed by atoms with E-state index >= 15 is 0 Å². The van der Waals surface area contributed by atoms with Crippen LogP contribution in [0.1, 0.15) is 48.0 Å². The van der Waals surface area contributed by atoms with Gasteiger partial charge < -0.3 is 15.4 Å². The van der Waals surface area contributed by atoms with Crippen molar-refractivity contribution in [3.63, 3.8) is 0 Å². The molecule has 0 aliphatic heterocycles. The first-order valence-corrected chi connectivity index (χ1v) is 7.89. The van der Waals surface area contributed by atoms with Crippen LogP contribution in [-0.4, -0.2) is 32.2 Å². The Morgan fingerprint density at radius 3 is 2.76 bits per heavy atom. The molecule has 1 fully saturated rings. The molecule has 0 spiro atoms. The van der Waals surface area contributed by atoms with Crippen molar-refractivity contribution in [2.75, 3.05) is 25.5 Å². The Hall–Kier alpha value is -1.55. The number of carbonyl (C=O) groups is 1. The summed E-state index contributed by atoms with van der Waals surface area (Å²) in [5.74, 6) is -0.0494. The van der Waals surface area contributed by atoms with E-state index in [0.717, 1.165) is 24.1 Å². The molecule has 1 saturated carbocycles. The molecule has 4 heteroatoms. The lowest BCUT2D eigenvalue weighted by Gasteiger charge is -2.22. The van der Waals surface area contributed by atoms with Crippen molar-refractivity contribution >= 4 is 11.6 Å². The molecule has 4 nitrogen and oxygen atoms in total. The van der Waals surface area contributed by atoms with Crippen LogP contribution >= 0.6 is 0 Å². The van der Waals surface area contributed by atoms with Gasteiger partial charge in [0.05, 0.1) is 18.3 Å². The second-order valence-electron chi connectivity index (χ2n) is 5.69. The number of amides is 1. The molecular weight excluding hydrogens is 264 g/mol. The van der Waals surface area contributed by atoms with Gasteiger partial charge in [-0.05, 0) is 37.5 Å². The highest BCUT2D eigenvalue weighted by Crippen LogP contribution is 2.20. The molecule has 0 atom stereocenters. The number of ether oxygens (including phenoxy) is 1. The van der Waals surface area contributed by atoms with E-state index in [-0.39, 0.29) is 5.91 Å². The molecule has 21 heavy (non-hydrogen) atoms. The molecule has 0 radical (unpaired) electrons. The van der Waals surface area contributed by atoms with E-state index in [4.69, 9.17) is 4.74 Å². The third-order valence-electron chi connectivity index (χ3n) is 3.98. The molecular formula is C17H26N2O2. The predicted molar refractivity (Wildman–Crippen MR) is 85.9 cm³/mol. The van der Waals surface area contributed by atoms with Gasteiger partial charge in [0.1, 0.15) is 0 Å². The van der Waals surface area contributed by atoms with Gasteiger partial charge in [0.25, 0.3) is 5.91 Å². The summed E-state index contributed by atoms with van der Waals surface area (Å²) in [5, 5.41) is 6.00. The number of hydrogen-bond donors (Lipinski definition) is 2. The lowest BCUT2D eigenvalue weighted by molar-refractivity contribution is 0.0299. The van der Waals surface area contributed by atoms with E-state index in [1.165, 1.54) is 19.3 Å². The number of hydrogen-bond acceptors (Lipinski definition) is 3. The quantitative estimate of drug-likeness (QED) is 0.791. The minimum atomic E-state index is -0.0494. The van der Waals surface area contributed by atoms with Gasteiger partial charge in [-0.1, -0.05) is 25.3 Å². The highest BCUT2D eigenvalue weighted by molar-refractivity contribution is 5.99. The van der Waals surface area contributed by atoms with Crippen LogP contribution < -0.4 is 10.6 Å². The number of carbonyl (C=O) groups excluding carboxylic acids is 1. The average molecular weight is 290 g/mol. The Kier molecular flexibility index (Phi) is 6.05. The first kappa shape index (κ1) is 15.8. The van der Waals surface area contributed by atoms with Crippen LogP contribution in [0.4, 0.5) is 5.69 Å². The van der Waals surface area contributed by atoms with Crippen LogP contribution in [0.2, 0.25) is 0 Å². The zero-order valence-electron chi connectivity index (χ0n) is 13.1. The van der Waals surface area contributed by atoms with Gasteiger partial charge in [0.15, 0.2) is 0 Å². The second-order valence-corrected chi connectivity index (χ2v) is 5.69. The average Bonchev–Trinajstić information content (AvgIpc) is 2.52. The monoisotopic (exact) mass is 290 g/mol. The number of benzene rings is 1. The zero-order chi connectivity index (χ0) is 15.1. The molecule has 0 unspecified atom stereocenters. The highest BCUT2D eigenvalue weighted by atomic mass is 16.5. The van der Waals surface area contributed by atoms with E-state index in [0.29, 0.717) is 24.8 Å². The molecule has 2 N–H and O–H groups in total. The Morgan fingerprint density at radius 1 is 1.29 bits per heavy atom. The summed E-state index contributed by atoms with van der Waals surface area (Å²) >= 11 is 0. The first-order chi connectivity index (χ1) is 10.2. The van der Waals surface area contributed by atoms with Gasteiger partial charge in [-0.15, -0.1) is 0 Å². The van der Waals surface area contributed by atoms with Gasteiger partial charge in [-0.2, -0.15) is 0 Å². The summed E-state index contributed by atoms with van der Waals surface area (Å²) in [4.78, 5) is 12.2. The third-order valence-corrected chi connectivity index (χ3v) is 3.98. The number of nitrogens with one attached hydrogen (secondary N) is 2. The Bertz CT molecular complexity index is 468. The normalized spacial score (nSPS) is 15.7. The van der Waals surface area contributed by atoms with Crippen LogP contribution in [0.15, 0.2) is 18.2 Å². The summed E-state index contributed by atoms with van der Waals surface area (Å²) in [6.45, 7) is 3.17. The molecule has 0 aromatic heterocycles. The largest absolute Gasteiger partial charge is 0.387 e. The molecule has 0 saturated heterocycles. The van der Waals surface area contributed by atoms with Crippen molar-refractivity contribution in [2.45, 2.75) is 45.1 Å². The molecule has 1 aromatic carbocycles. The van der Waals surface area contributed by atoms with Crippen LogP contribution in [0.3, 0.4) is 0 Å². The maximum atomic E-state index is 12.2. The maximum Gasteiger partial charge on any atom is 0.253 e. The van der Waals surface area contributed by atoms with Crippen LogP contribution in [0.25, 0.3) is 0 Å². The van der Waals surface area contributed by atoms with Crippen LogP contribution in [-0.2, 0) is 4.74 Å². The SMILES string of the molecule is CNc1cc(C)ccc1C(=O)NCCOC1CCCCC1. The minimum absolute atomic E-state index is 0.0494. The van der Waals surface area contributed by atoms with Crippen molar-refractivity contribution in [3.8, 4) is 0 Å². The standard InChI is InChI=1S/C17H26N2O2/c1-13-8-9-15(16(12-13)18-2)17(20)19-10-11-21-14-6-4-3-5-7-14/h8-9,12,14,18H,3-7,10-11H2,1-2H3,(H,19,20). The fourth-order valence-corrected chi connectivity index (χ4v) is 2.78. The summed E-state index contributed by atoms with van der Waals surface area (Å²) < 4.78 is 5.81. The van der Waals surface area contributed by atoms with Gasteiger partial charge >= 0.3 is 0 Å². The smallest absolute Gasteiger partial charge is 0.253 e. The number of anilines is 1. The van der Waals surface area contributed by atoms with Gasteiger partial charge in [-0.3, -0.25) is 4.79 Å². The fourth-order valence-electron chi connectivity index (χ4n) is 2.78. The van der Waals surface area contributed by atoms with E-state index in [9.17, 15) is 4.79 Å². The maximum absolute atomic E-state index is 12.2. The lowest BCUT2D eigenvalue weighted by atomic mass is 9.98. The van der Waals surface area contributed by atoms with Crippen molar-refractivity contribution in [1.82, 2.24) is 5.32 Å². The first-order valence-electron chi connectivity index (χ1n) is 7.89. The molecule has 0 bridgehead atoms. The van der Waals surface area contributed by atoms with Crippen molar-refractivity contribution in [2.24, 2.45) is 0 Å². The van der Waals surface area contributed by atoms with Crippen molar-refractivity contribution in [1.29, 1.82) is 0 Å². The predicted octanol–water partition coefficient (Wildman–Crippen LogP) is 3.12. The third kappa shape index (κ3) is 4.74. The molecule has 2 rings (SSSR count). The summed E-state index contributed by atoms with van der Waals surface area (Å²) in [5.41, 5.74) is 2.68. The van der Waals surface area contributed by atoms with Crippen molar-refractivity contribution < 1.29 is 9.53 Å². The van der Waals surface area contributed by atoms with Gasteiger partial charge in [-0.25, -0.2) is 0 Å². The molecule has 1 aliphatic rings. The topological polar surface area (TPSA) is 50.4 Å². The van der Waals surface area contributed by atoms with Crippen molar-refractivity contribution in [3.05, 3.63) is 29.3 Å². The Morgan fingerprint density at radius 2 is 2.05 bits per heavy atom. The minimum Gasteiger partial charge on any atom is -0.387 e. The van der Waals surface area contributed by atoms with E-state index in [1.54, 1.807) is 0 Å². The van der Waals surface area contributed by atoms with E-state index < -0.39 is 0 Å². The van der Waals surface area contributed by atoms with E-state index in [1.807, 2.05) is 32.2 Å². The molecule has 1 aromatic rings. The Labute approximate surface area is 127 Å². The summed E-state index contributed by atoms with van der Waals surface area (Å²) in [7, 11) is 1.83. The van der Waals surface area contributed by atoms with Gasteiger partial charge in [0, 0.05) is 19.3 Å². The lowest BCUT2D eigenvalue weighted by Crippen LogP contribution is -2.29. The van der Waals surface area contributed by atoms with Crippen LogP contribution in [0, 0.1) is 6.92 Å². The number of aryl methyl sites for hydroxylation is 1. The molecule has 116 valence electrons. The molecule has 0 heterocycles. The highest BCUT2D eigenvalue weighted by Gasteiger charge is 2.14. The summed E-state index contributed by atoms with van der Waals surface area (Å²) in [6.07, 6.45) is 6.59. The van der Waals surface area contributed by atoms with Gasteiger partial charge in [0.2, 0.25) is 0 Å². The van der Waals surface area contributed by atoms with Crippen LogP contribution in [0.5, 0.6) is 0 Å². The Balaban J connectivity index is 1.76. The van der Waals surface area contributed by atoms with E-state index in [2.05, 4.69) is 10.6 Å².